The number of aromatic nitrogens is 1. The lowest BCUT2D eigenvalue weighted by atomic mass is 10.1. The zero-order valence-corrected chi connectivity index (χ0v) is 14.3. The van der Waals surface area contributed by atoms with Gasteiger partial charge in [0, 0.05) is 17.5 Å². The summed E-state index contributed by atoms with van der Waals surface area (Å²) in [6.45, 7) is 1.96. The average Bonchev–Trinajstić information content (AvgIpc) is 3.32. The summed E-state index contributed by atoms with van der Waals surface area (Å²) >= 11 is 1.61. The molecule has 1 atom stereocenters. The van der Waals surface area contributed by atoms with E-state index in [1.165, 1.54) is 0 Å². The molecule has 1 fully saturated rings. The topological polar surface area (TPSA) is 79.3 Å². The molecule has 0 radical (unpaired) electrons. The first kappa shape index (κ1) is 16.6. The van der Waals surface area contributed by atoms with Gasteiger partial charge in [-0.3, -0.25) is 4.79 Å². The fraction of sp³-hybridized carbons (Fsp3) is 0.389. The SMILES string of the molecule is Cc1csc([C@H](NC(=O)CCc2ccc(C(=O)O)cc2)C2CC2)n1. The Kier molecular flexibility index (Phi) is 4.94. The van der Waals surface area contributed by atoms with Gasteiger partial charge in [-0.15, -0.1) is 11.3 Å². The van der Waals surface area contributed by atoms with E-state index in [0.29, 0.717) is 18.8 Å². The van der Waals surface area contributed by atoms with Crippen LogP contribution >= 0.6 is 11.3 Å². The molecular weight excluding hydrogens is 324 g/mol. The van der Waals surface area contributed by atoms with Gasteiger partial charge in [0.1, 0.15) is 5.01 Å². The summed E-state index contributed by atoms with van der Waals surface area (Å²) in [5, 5.41) is 15.0. The van der Waals surface area contributed by atoms with Gasteiger partial charge in [-0.05, 0) is 49.8 Å². The van der Waals surface area contributed by atoms with Gasteiger partial charge in [-0.1, -0.05) is 12.1 Å². The number of nitrogens with one attached hydrogen (secondary N) is 1. The lowest BCUT2D eigenvalue weighted by molar-refractivity contribution is -0.122. The zero-order valence-electron chi connectivity index (χ0n) is 13.5. The third-order valence-corrected chi connectivity index (χ3v) is 5.20. The van der Waals surface area contributed by atoms with Gasteiger partial charge >= 0.3 is 5.97 Å². The van der Waals surface area contributed by atoms with E-state index < -0.39 is 5.97 Å². The molecule has 0 aliphatic heterocycles. The first-order valence-electron chi connectivity index (χ1n) is 8.06. The van der Waals surface area contributed by atoms with Crippen LogP contribution in [0.1, 0.15) is 51.9 Å². The van der Waals surface area contributed by atoms with Gasteiger partial charge < -0.3 is 10.4 Å². The lowest BCUT2D eigenvalue weighted by Crippen LogP contribution is -2.30. The van der Waals surface area contributed by atoms with Crippen molar-refractivity contribution in [1.29, 1.82) is 0 Å². The molecule has 0 spiro atoms. The smallest absolute Gasteiger partial charge is 0.335 e. The van der Waals surface area contributed by atoms with Crippen molar-refractivity contribution in [3.63, 3.8) is 0 Å². The standard InChI is InChI=1S/C18H20N2O3S/c1-11-10-24-17(19-11)16(13-7-8-13)20-15(21)9-4-12-2-5-14(6-3-12)18(22)23/h2-3,5-6,10,13,16H,4,7-9H2,1H3,(H,20,21)(H,22,23)/t16-/m1/s1. The van der Waals surface area contributed by atoms with E-state index in [0.717, 1.165) is 29.1 Å². The number of aromatic carboxylic acids is 1. The van der Waals surface area contributed by atoms with Crippen LogP contribution in [0, 0.1) is 12.8 Å². The van der Waals surface area contributed by atoms with Crippen molar-refractivity contribution in [1.82, 2.24) is 10.3 Å². The Balaban J connectivity index is 1.55. The molecule has 1 amide bonds. The molecule has 0 bridgehead atoms. The second kappa shape index (κ2) is 7.13. The Morgan fingerprint density at radius 1 is 1.33 bits per heavy atom. The number of carbonyl (C=O) groups is 2. The van der Waals surface area contributed by atoms with Crippen LogP contribution in [-0.2, 0) is 11.2 Å². The number of benzene rings is 1. The van der Waals surface area contributed by atoms with E-state index in [-0.39, 0.29) is 17.5 Å². The molecule has 126 valence electrons. The molecule has 1 saturated carbocycles. The highest BCUT2D eigenvalue weighted by Gasteiger charge is 2.35. The molecule has 0 unspecified atom stereocenters. The Morgan fingerprint density at radius 2 is 2.04 bits per heavy atom. The highest BCUT2D eigenvalue weighted by atomic mass is 32.1. The van der Waals surface area contributed by atoms with Gasteiger partial charge in [0.15, 0.2) is 0 Å². The number of nitrogens with zero attached hydrogens (tertiary/aromatic N) is 1. The van der Waals surface area contributed by atoms with Crippen molar-refractivity contribution in [3.05, 3.63) is 51.5 Å². The number of amides is 1. The number of carboxylic acid groups (broad SMARTS) is 1. The fourth-order valence-electron chi connectivity index (χ4n) is 2.64. The molecule has 1 aliphatic rings. The molecule has 6 heteroatoms. The van der Waals surface area contributed by atoms with Crippen molar-refractivity contribution >= 4 is 23.2 Å². The summed E-state index contributed by atoms with van der Waals surface area (Å²) in [5.41, 5.74) is 2.22. The van der Waals surface area contributed by atoms with Gasteiger partial charge in [-0.25, -0.2) is 9.78 Å². The number of hydrogen-bond acceptors (Lipinski definition) is 4. The normalized spacial score (nSPS) is 15.0. The second-order valence-corrected chi connectivity index (χ2v) is 7.10. The van der Waals surface area contributed by atoms with Crippen LogP contribution in [0.3, 0.4) is 0 Å². The van der Waals surface area contributed by atoms with Gasteiger partial charge in [-0.2, -0.15) is 0 Å². The molecule has 3 rings (SSSR count). The molecule has 2 N–H and O–H groups in total. The summed E-state index contributed by atoms with van der Waals surface area (Å²) in [6, 6.07) is 6.70. The maximum Gasteiger partial charge on any atom is 0.335 e. The summed E-state index contributed by atoms with van der Waals surface area (Å²) < 4.78 is 0. The van der Waals surface area contributed by atoms with Gasteiger partial charge in [0.25, 0.3) is 0 Å². The highest BCUT2D eigenvalue weighted by molar-refractivity contribution is 7.09. The minimum absolute atomic E-state index is 0.0158. The quantitative estimate of drug-likeness (QED) is 0.807. The molecule has 24 heavy (non-hydrogen) atoms. The minimum atomic E-state index is -0.940. The Bertz CT molecular complexity index is 735. The van der Waals surface area contributed by atoms with E-state index >= 15 is 0 Å². The maximum atomic E-state index is 12.3. The Morgan fingerprint density at radius 3 is 2.58 bits per heavy atom. The minimum Gasteiger partial charge on any atom is -0.478 e. The number of carboxylic acids is 1. The van der Waals surface area contributed by atoms with Crippen LogP contribution in [-0.4, -0.2) is 22.0 Å². The fourth-order valence-corrected chi connectivity index (χ4v) is 3.58. The summed E-state index contributed by atoms with van der Waals surface area (Å²) in [5.74, 6) is -0.415. The molecule has 1 aliphatic carbocycles. The van der Waals surface area contributed by atoms with Crippen molar-refractivity contribution in [2.24, 2.45) is 5.92 Å². The molecule has 5 nitrogen and oxygen atoms in total. The van der Waals surface area contributed by atoms with E-state index in [4.69, 9.17) is 5.11 Å². The first-order chi connectivity index (χ1) is 11.5. The molecule has 2 aromatic rings. The number of thiazole rings is 1. The van der Waals surface area contributed by atoms with Crippen molar-refractivity contribution in [2.75, 3.05) is 0 Å². The summed E-state index contributed by atoms with van der Waals surface area (Å²) in [6.07, 6.45) is 3.26. The van der Waals surface area contributed by atoms with Crippen molar-refractivity contribution in [3.8, 4) is 0 Å². The van der Waals surface area contributed by atoms with Crippen molar-refractivity contribution < 1.29 is 14.7 Å². The molecule has 1 heterocycles. The highest BCUT2D eigenvalue weighted by Crippen LogP contribution is 2.41. The van der Waals surface area contributed by atoms with Crippen LogP contribution in [0.15, 0.2) is 29.6 Å². The predicted octanol–water partition coefficient (Wildman–Crippen LogP) is 3.35. The number of rotatable bonds is 7. The van der Waals surface area contributed by atoms with Crippen LogP contribution in [0.4, 0.5) is 0 Å². The van der Waals surface area contributed by atoms with Crippen molar-refractivity contribution in [2.45, 2.75) is 38.6 Å². The molecular formula is C18H20N2O3S. The van der Waals surface area contributed by atoms with E-state index in [1.54, 1.807) is 35.6 Å². The van der Waals surface area contributed by atoms with E-state index in [9.17, 15) is 9.59 Å². The predicted molar refractivity (Wildman–Crippen MR) is 92.2 cm³/mol. The van der Waals surface area contributed by atoms with Crippen LogP contribution in [0.5, 0.6) is 0 Å². The van der Waals surface area contributed by atoms with E-state index in [1.807, 2.05) is 12.3 Å². The average molecular weight is 344 g/mol. The molecule has 0 saturated heterocycles. The monoisotopic (exact) mass is 344 g/mol. The largest absolute Gasteiger partial charge is 0.478 e. The van der Waals surface area contributed by atoms with Gasteiger partial charge in [0.05, 0.1) is 11.6 Å². The third-order valence-electron chi connectivity index (χ3n) is 4.15. The van der Waals surface area contributed by atoms with Crippen LogP contribution in [0.25, 0.3) is 0 Å². The lowest BCUT2D eigenvalue weighted by Gasteiger charge is -2.16. The Hall–Kier alpha value is -2.21. The zero-order chi connectivity index (χ0) is 17.1. The number of carbonyl (C=O) groups excluding carboxylic acids is 1. The van der Waals surface area contributed by atoms with E-state index in [2.05, 4.69) is 10.3 Å². The maximum absolute atomic E-state index is 12.3. The van der Waals surface area contributed by atoms with Crippen LogP contribution < -0.4 is 5.32 Å². The molecule has 1 aromatic heterocycles. The number of aryl methyl sites for hydroxylation is 2. The van der Waals surface area contributed by atoms with Gasteiger partial charge in [0.2, 0.25) is 5.91 Å². The molecule has 1 aromatic carbocycles. The second-order valence-electron chi connectivity index (χ2n) is 6.21. The third kappa shape index (κ3) is 4.20. The summed E-state index contributed by atoms with van der Waals surface area (Å²) in [7, 11) is 0. The Labute approximate surface area is 144 Å². The van der Waals surface area contributed by atoms with Crippen LogP contribution in [0.2, 0.25) is 0 Å². The summed E-state index contributed by atoms with van der Waals surface area (Å²) in [4.78, 5) is 27.6. The first-order valence-corrected chi connectivity index (χ1v) is 8.94. The number of hydrogen-bond donors (Lipinski definition) is 2.